The number of nitrogens with one attached hydrogen (secondary N) is 2. The Bertz CT molecular complexity index is 1210. The molecule has 0 spiro atoms. The minimum Gasteiger partial charge on any atom is -0.344 e. The second-order valence-electron chi connectivity index (χ2n) is 9.26. The maximum atomic E-state index is 15.2. The molecule has 2 amide bonds. The van der Waals surface area contributed by atoms with Gasteiger partial charge in [-0.15, -0.1) is 0 Å². The Morgan fingerprint density at radius 2 is 1.97 bits per heavy atom. The number of hydrogen-bond donors (Lipinski definition) is 2. The smallest absolute Gasteiger partial charge is 0.315 e. The van der Waals surface area contributed by atoms with Crippen LogP contribution < -0.4 is 10.6 Å². The molecular formula is C24H26FN5O3. The molecule has 1 aromatic carbocycles. The highest BCUT2D eigenvalue weighted by molar-refractivity contribution is 5.93. The Morgan fingerprint density at radius 1 is 1.21 bits per heavy atom. The molecular weight excluding hydrogens is 425 g/mol. The summed E-state index contributed by atoms with van der Waals surface area (Å²) in [6.07, 6.45) is 3.32. The normalized spacial score (nSPS) is 13.6. The Labute approximate surface area is 191 Å². The summed E-state index contributed by atoms with van der Waals surface area (Å²) in [5.74, 6) is -0.231. The SMILES string of the molecule is Cc1c(CNC(=O)c2nc(C(C)(C)C)no2)ccc(-c2ccnc(NC(=O)C3CC3)c2)c1F. The second-order valence-corrected chi connectivity index (χ2v) is 9.26. The number of benzene rings is 1. The molecule has 1 aliphatic carbocycles. The van der Waals surface area contributed by atoms with Crippen LogP contribution in [-0.2, 0) is 16.8 Å². The van der Waals surface area contributed by atoms with Gasteiger partial charge in [0.2, 0.25) is 5.91 Å². The van der Waals surface area contributed by atoms with E-state index in [1.807, 2.05) is 20.8 Å². The van der Waals surface area contributed by atoms with Gasteiger partial charge in [-0.25, -0.2) is 9.37 Å². The average molecular weight is 452 g/mol. The van der Waals surface area contributed by atoms with Gasteiger partial charge in [-0.05, 0) is 48.6 Å². The third kappa shape index (κ3) is 5.08. The zero-order valence-corrected chi connectivity index (χ0v) is 19.0. The van der Waals surface area contributed by atoms with Crippen molar-refractivity contribution in [1.29, 1.82) is 0 Å². The van der Waals surface area contributed by atoms with Crippen molar-refractivity contribution in [2.24, 2.45) is 5.92 Å². The highest BCUT2D eigenvalue weighted by atomic mass is 19.1. The lowest BCUT2D eigenvalue weighted by Gasteiger charge is -2.12. The Hall–Kier alpha value is -3.62. The molecule has 0 unspecified atom stereocenters. The van der Waals surface area contributed by atoms with Gasteiger partial charge < -0.3 is 15.2 Å². The number of hydrogen-bond acceptors (Lipinski definition) is 6. The standard InChI is InChI=1S/C24H26FN5O3/c1-13-16(12-27-21(32)22-29-23(30-33-22)24(2,3)4)7-8-17(19(13)25)15-9-10-26-18(11-15)28-20(31)14-5-6-14/h7-11,14H,5-6,12H2,1-4H3,(H,27,32)(H,26,28,31). The first-order valence-electron chi connectivity index (χ1n) is 10.8. The zero-order valence-electron chi connectivity index (χ0n) is 19.0. The summed E-state index contributed by atoms with van der Waals surface area (Å²) in [5.41, 5.74) is 1.68. The van der Waals surface area contributed by atoms with E-state index in [1.165, 1.54) is 6.20 Å². The molecule has 1 saturated carbocycles. The van der Waals surface area contributed by atoms with Crippen molar-refractivity contribution in [3.63, 3.8) is 0 Å². The molecule has 9 heteroatoms. The molecule has 2 aromatic heterocycles. The number of nitrogens with zero attached hydrogens (tertiary/aromatic N) is 3. The Morgan fingerprint density at radius 3 is 2.64 bits per heavy atom. The molecule has 0 bridgehead atoms. The maximum absolute atomic E-state index is 15.2. The molecule has 3 aromatic rings. The van der Waals surface area contributed by atoms with Crippen molar-refractivity contribution in [2.75, 3.05) is 5.32 Å². The summed E-state index contributed by atoms with van der Waals surface area (Å²) < 4.78 is 20.2. The third-order valence-electron chi connectivity index (χ3n) is 5.50. The van der Waals surface area contributed by atoms with E-state index in [2.05, 4.69) is 25.8 Å². The van der Waals surface area contributed by atoms with Crippen molar-refractivity contribution in [2.45, 2.75) is 52.5 Å². The molecule has 0 radical (unpaired) electrons. The fourth-order valence-corrected chi connectivity index (χ4v) is 3.25. The zero-order chi connectivity index (χ0) is 23.8. The summed E-state index contributed by atoms with van der Waals surface area (Å²) in [6.45, 7) is 7.51. The van der Waals surface area contributed by atoms with Gasteiger partial charge in [-0.3, -0.25) is 9.59 Å². The lowest BCUT2D eigenvalue weighted by molar-refractivity contribution is -0.117. The van der Waals surface area contributed by atoms with Crippen LogP contribution in [0.1, 0.15) is 61.2 Å². The number of pyridine rings is 1. The van der Waals surface area contributed by atoms with Crippen LogP contribution in [-0.4, -0.2) is 26.9 Å². The maximum Gasteiger partial charge on any atom is 0.315 e. The van der Waals surface area contributed by atoms with Crippen LogP contribution >= 0.6 is 0 Å². The van der Waals surface area contributed by atoms with Crippen LogP contribution in [0, 0.1) is 18.7 Å². The highest BCUT2D eigenvalue weighted by Gasteiger charge is 2.30. The van der Waals surface area contributed by atoms with Gasteiger partial charge in [0.15, 0.2) is 5.82 Å². The molecule has 0 aliphatic heterocycles. The van der Waals surface area contributed by atoms with Crippen LogP contribution in [0.25, 0.3) is 11.1 Å². The molecule has 0 atom stereocenters. The number of amides is 2. The monoisotopic (exact) mass is 451 g/mol. The predicted octanol–water partition coefficient (Wildman–Crippen LogP) is 4.16. The van der Waals surface area contributed by atoms with Gasteiger partial charge >= 0.3 is 11.8 Å². The van der Waals surface area contributed by atoms with E-state index in [0.29, 0.717) is 33.9 Å². The van der Waals surface area contributed by atoms with E-state index in [4.69, 9.17) is 4.52 Å². The van der Waals surface area contributed by atoms with Gasteiger partial charge in [0.05, 0.1) is 0 Å². The number of aromatic nitrogens is 3. The molecule has 8 nitrogen and oxygen atoms in total. The van der Waals surface area contributed by atoms with Crippen molar-refractivity contribution >= 4 is 17.6 Å². The summed E-state index contributed by atoms with van der Waals surface area (Å²) in [6, 6.07) is 6.75. The van der Waals surface area contributed by atoms with Crippen molar-refractivity contribution < 1.29 is 18.5 Å². The number of rotatable bonds is 6. The first kappa shape index (κ1) is 22.6. The Balaban J connectivity index is 1.47. The summed E-state index contributed by atoms with van der Waals surface area (Å²) in [4.78, 5) is 32.7. The van der Waals surface area contributed by atoms with E-state index in [-0.39, 0.29) is 29.7 Å². The minimum absolute atomic E-state index is 0.0520. The molecule has 1 aliphatic rings. The van der Waals surface area contributed by atoms with E-state index in [9.17, 15) is 9.59 Å². The second kappa shape index (κ2) is 8.73. The molecule has 4 rings (SSSR count). The van der Waals surface area contributed by atoms with E-state index in [0.717, 1.165) is 12.8 Å². The summed E-state index contributed by atoms with van der Waals surface area (Å²) in [5, 5.41) is 9.31. The minimum atomic E-state index is -0.521. The molecule has 2 N–H and O–H groups in total. The lowest BCUT2D eigenvalue weighted by atomic mass is 9.96. The predicted molar refractivity (Wildman–Crippen MR) is 120 cm³/mol. The van der Waals surface area contributed by atoms with Gasteiger partial charge in [-0.2, -0.15) is 4.98 Å². The molecule has 2 heterocycles. The largest absolute Gasteiger partial charge is 0.344 e. The fraction of sp³-hybridized carbons (Fsp3) is 0.375. The number of carbonyl (C=O) groups is 2. The van der Waals surface area contributed by atoms with Crippen LogP contribution in [0.15, 0.2) is 35.0 Å². The fourth-order valence-electron chi connectivity index (χ4n) is 3.25. The number of carbonyl (C=O) groups excluding carboxylic acids is 2. The van der Waals surface area contributed by atoms with E-state index in [1.54, 1.807) is 31.2 Å². The number of halogens is 1. The van der Waals surface area contributed by atoms with Crippen LogP contribution in [0.3, 0.4) is 0 Å². The summed E-state index contributed by atoms with van der Waals surface area (Å²) >= 11 is 0. The van der Waals surface area contributed by atoms with E-state index < -0.39 is 11.7 Å². The van der Waals surface area contributed by atoms with Gasteiger partial charge in [-0.1, -0.05) is 38.1 Å². The summed E-state index contributed by atoms with van der Waals surface area (Å²) in [7, 11) is 0. The molecule has 0 saturated heterocycles. The van der Waals surface area contributed by atoms with E-state index >= 15 is 4.39 Å². The average Bonchev–Trinajstić information content (AvgIpc) is 3.49. The highest BCUT2D eigenvalue weighted by Crippen LogP contribution is 2.31. The van der Waals surface area contributed by atoms with Crippen LogP contribution in [0.4, 0.5) is 10.2 Å². The quantitative estimate of drug-likeness (QED) is 0.582. The Kier molecular flexibility index (Phi) is 5.97. The molecule has 1 fully saturated rings. The van der Waals surface area contributed by atoms with Gasteiger partial charge in [0.1, 0.15) is 11.6 Å². The molecule has 33 heavy (non-hydrogen) atoms. The van der Waals surface area contributed by atoms with Gasteiger partial charge in [0.25, 0.3) is 0 Å². The van der Waals surface area contributed by atoms with Gasteiger partial charge in [0, 0.05) is 29.6 Å². The van der Waals surface area contributed by atoms with Crippen molar-refractivity contribution in [3.05, 3.63) is 59.1 Å². The first-order valence-corrected chi connectivity index (χ1v) is 10.8. The van der Waals surface area contributed by atoms with Crippen LogP contribution in [0.2, 0.25) is 0 Å². The number of anilines is 1. The topological polar surface area (TPSA) is 110 Å². The molecule has 172 valence electrons. The van der Waals surface area contributed by atoms with Crippen molar-refractivity contribution in [1.82, 2.24) is 20.4 Å². The van der Waals surface area contributed by atoms with Crippen LogP contribution in [0.5, 0.6) is 0 Å². The first-order chi connectivity index (χ1) is 15.6. The third-order valence-corrected chi connectivity index (χ3v) is 5.50. The van der Waals surface area contributed by atoms with Crippen molar-refractivity contribution in [3.8, 4) is 11.1 Å². The lowest BCUT2D eigenvalue weighted by Crippen LogP contribution is -2.24.